The van der Waals surface area contributed by atoms with Crippen LogP contribution in [0.5, 0.6) is 18.0 Å². The second-order valence-electron chi connectivity index (χ2n) is 34.7. The molecule has 0 N–H and O–H groups in total. The Hall–Kier alpha value is -11.2. The minimum absolute atomic E-state index is 0. The largest absolute Gasteiger partial charge is 0.462 e. The van der Waals surface area contributed by atoms with E-state index in [-0.39, 0.29) is 102 Å². The van der Waals surface area contributed by atoms with Gasteiger partial charge in [-0.05, 0) is 171 Å². The molecular formula is C98H119ClFN21O6S3. The molecule has 0 spiro atoms. The number of halogens is 2. The number of nitrogens with zero attached hydrogens (tertiary/aromatic N) is 21. The van der Waals surface area contributed by atoms with Gasteiger partial charge in [-0.25, -0.2) is 24.1 Å². The zero-order valence-corrected chi connectivity index (χ0v) is 78.6. The highest BCUT2D eigenvalue weighted by molar-refractivity contribution is 7.59. The number of aromatic nitrogens is 6. The van der Waals surface area contributed by atoms with Gasteiger partial charge in [-0.3, -0.25) is 19.3 Å². The van der Waals surface area contributed by atoms with Crippen molar-refractivity contribution in [1.82, 2.24) is 59.3 Å². The van der Waals surface area contributed by atoms with E-state index >= 15 is 0 Å². The van der Waals surface area contributed by atoms with Gasteiger partial charge in [-0.1, -0.05) is 110 Å². The van der Waals surface area contributed by atoms with E-state index in [2.05, 4.69) is 173 Å². The van der Waals surface area contributed by atoms with Gasteiger partial charge in [0.05, 0.1) is 36.7 Å². The molecule has 0 aliphatic carbocycles. The van der Waals surface area contributed by atoms with Crippen molar-refractivity contribution in [2.75, 3.05) is 181 Å². The number of piperazine rings is 3. The molecule has 3 unspecified atom stereocenters. The number of likely N-dealkylation sites (N-methyl/N-ethyl adjacent to an activating group) is 2. The Bertz CT molecular complexity index is 5560. The maximum atomic E-state index is 14.6. The van der Waals surface area contributed by atoms with Gasteiger partial charge in [0.2, 0.25) is 37.4 Å². The summed E-state index contributed by atoms with van der Waals surface area (Å²) in [5.41, 5.74) is 9.45. The van der Waals surface area contributed by atoms with Gasteiger partial charge in [-0.15, -0.1) is 0 Å². The minimum atomic E-state index is -0.255. The lowest BCUT2D eigenvalue weighted by atomic mass is 10.0. The Morgan fingerprint density at radius 3 is 1.23 bits per heavy atom. The number of fused-ring (bicyclic) bond motifs is 6. The number of likely N-dealkylation sites (tertiary alicyclic amines) is 3. The molecule has 18 rings (SSSR count). The maximum Gasteiger partial charge on any atom is 0.318 e. The van der Waals surface area contributed by atoms with Crippen molar-refractivity contribution < 1.29 is 33.0 Å². The summed E-state index contributed by atoms with van der Waals surface area (Å²) in [6.45, 7) is 52.6. The van der Waals surface area contributed by atoms with Crippen molar-refractivity contribution in [1.29, 1.82) is 0 Å². The highest BCUT2D eigenvalue weighted by Gasteiger charge is 2.41. The van der Waals surface area contributed by atoms with Crippen LogP contribution >= 0.6 is 52.1 Å². The third-order valence-electron chi connectivity index (χ3n) is 26.8. The van der Waals surface area contributed by atoms with Crippen molar-refractivity contribution >= 4 is 137 Å². The highest BCUT2D eigenvalue weighted by Crippen LogP contribution is 2.41. The summed E-state index contributed by atoms with van der Waals surface area (Å²) in [6.07, 6.45) is 13.1. The molecule has 6 saturated heterocycles. The lowest BCUT2D eigenvalue weighted by Gasteiger charge is -2.41. The molecule has 3 aromatic heterocycles. The summed E-state index contributed by atoms with van der Waals surface area (Å²) >= 11 is 6.40. The molecule has 6 aromatic carbocycles. The van der Waals surface area contributed by atoms with Crippen LogP contribution in [0.15, 0.2) is 153 Å². The summed E-state index contributed by atoms with van der Waals surface area (Å²) in [5.74, 6) is 1.91. The Kier molecular flexibility index (Phi) is 32.7. The van der Waals surface area contributed by atoms with Gasteiger partial charge in [-0.2, -0.15) is 70.4 Å². The fraction of sp³-hybridized carbons (Fsp3) is 0.449. The average Bonchev–Trinajstić information content (AvgIpc) is 0.882. The molecule has 9 aliphatic rings. The van der Waals surface area contributed by atoms with E-state index in [9.17, 15) is 18.8 Å². The zero-order chi connectivity index (χ0) is 88.4. The molecule has 6 atom stereocenters. The fourth-order valence-corrected chi connectivity index (χ4v) is 20.2. The second kappa shape index (κ2) is 44.1. The van der Waals surface area contributed by atoms with Crippen LogP contribution in [-0.2, 0) is 53.3 Å². The number of anilines is 6. The fourth-order valence-electron chi connectivity index (χ4n) is 20.0. The quantitative estimate of drug-likeness (QED) is 0.0456. The van der Waals surface area contributed by atoms with E-state index in [0.717, 1.165) is 157 Å². The van der Waals surface area contributed by atoms with Gasteiger partial charge >= 0.3 is 18.0 Å². The molecule has 9 aliphatic heterocycles. The van der Waals surface area contributed by atoms with Crippen LogP contribution < -0.4 is 43.6 Å². The van der Waals surface area contributed by atoms with E-state index in [1.807, 2.05) is 36.4 Å². The summed E-state index contributed by atoms with van der Waals surface area (Å²) in [5, 5.41) is 6.92. The van der Waals surface area contributed by atoms with E-state index in [1.54, 1.807) is 20.8 Å². The Labute approximate surface area is 788 Å². The summed E-state index contributed by atoms with van der Waals surface area (Å²) in [4.78, 5) is 104. The second-order valence-corrected chi connectivity index (χ2v) is 35.1. The maximum absolute atomic E-state index is 14.6. The predicted molar refractivity (Wildman–Crippen MR) is 529 cm³/mol. The molecule has 0 bridgehead atoms. The number of rotatable bonds is 22. The number of ether oxygens (including phenoxy) is 3. The topological polar surface area (TPSA) is 208 Å². The first kappa shape index (κ1) is 96.3. The SMILES string of the molecule is S.S.S.[C-]#[N+]CC1CN(c2nc(OC[C@@H]3CCCN3C(C)C)nc3c2CCN(c2cccc4ccccc24)C3)CCN1C(=O)C=C.[C-]#[N+]CC1CN(c2nc(OC[C@@H]3CCCN3C)nc3c2CCN(c2cccc4c(F)cccc24)C3)CCN1C(=O)C=C.[C-]#[N+]CC1CN(c2nc(OC[C@@H]3CCCN3C)nc3c2CCN(c2cccc4ccc(Cl)cc24)C3)CCN1C(=O)C=C. The summed E-state index contributed by atoms with van der Waals surface area (Å²) < 4.78 is 33.5. The molecule has 0 radical (unpaired) electrons. The van der Waals surface area contributed by atoms with Crippen molar-refractivity contribution in [3.05, 3.63) is 232 Å². The van der Waals surface area contributed by atoms with Crippen molar-refractivity contribution in [2.24, 2.45) is 0 Å². The number of carbonyl (C=O) groups excluding carboxylic acids is 3. The zero-order valence-electron chi connectivity index (χ0n) is 74.8. The van der Waals surface area contributed by atoms with Crippen LogP contribution in [0, 0.1) is 25.5 Å². The lowest BCUT2D eigenvalue weighted by molar-refractivity contribution is -0.129. The van der Waals surface area contributed by atoms with E-state index in [4.69, 9.17) is 75.4 Å². The molecule has 0 saturated carbocycles. The van der Waals surface area contributed by atoms with E-state index in [1.165, 1.54) is 53.6 Å². The summed E-state index contributed by atoms with van der Waals surface area (Å²) in [7, 11) is 4.25. The number of amides is 3. The number of benzene rings is 6. The third-order valence-corrected chi connectivity index (χ3v) is 27.0. The first-order valence-electron chi connectivity index (χ1n) is 44.7. The molecule has 130 heavy (non-hydrogen) atoms. The normalized spacial score (nSPS) is 20.3. The Balaban J connectivity index is 0.000000164. The van der Waals surface area contributed by atoms with Crippen LogP contribution in [-0.4, -0.2) is 271 Å². The van der Waals surface area contributed by atoms with Gasteiger partial charge in [0, 0.05) is 163 Å². The average molecular weight is 1840 g/mol. The smallest absolute Gasteiger partial charge is 0.318 e. The standard InChI is InChI=1S/C34H41N7O2.C32H36ClN7O2.C32H36FN7O2.3H2S/c1-5-32(42)41-19-18-39(21-27(41)20-35-4)33-29-15-17-38(31-14-8-11-25-10-6-7-13-28(25)31)22-30(29)36-34(37-33)43-23-26-12-9-16-40(26)24(2)3;1-4-30(41)40-16-15-39(19-25(40)18-34-2)31-26-12-14-38(29-9-5-7-22-10-11-23(33)17-27(22)29)20-28(26)35-32(36-31)42-21-24-8-6-13-37(24)3;1-4-30(41)40-17-16-39(19-23(40)18-34-2)31-26-13-15-38(29-12-6-9-24-25(29)10-5-11-27(24)33)20-28(26)35-32(36-31)42-21-22-8-7-14-37(22)3;;;/h5-8,10-11,13-14,24,26-27H,1,9,12,15-23H2,2-3H3;4-5,7,9-11,17,24-25H,1,6,8,12-16,18-21H2,3H3;4-6,9-12,22-23H,1,7-8,13-21H2,3H3;3*1H2/t26-,27?;24-,25?;22-,23?;;;/m000.../s1. The van der Waals surface area contributed by atoms with Crippen molar-refractivity contribution in [3.63, 3.8) is 0 Å². The molecular weight excluding hydrogens is 1720 g/mol. The molecule has 12 heterocycles. The van der Waals surface area contributed by atoms with Gasteiger partial charge in [0.1, 0.15) is 61.2 Å². The first-order chi connectivity index (χ1) is 61.9. The minimum Gasteiger partial charge on any atom is -0.462 e. The van der Waals surface area contributed by atoms with Gasteiger partial charge in [0.25, 0.3) is 0 Å². The van der Waals surface area contributed by atoms with E-state index < -0.39 is 0 Å². The van der Waals surface area contributed by atoms with Crippen LogP contribution in [0.2, 0.25) is 5.02 Å². The van der Waals surface area contributed by atoms with Crippen molar-refractivity contribution in [3.8, 4) is 18.0 Å². The number of hydrogen-bond donors (Lipinski definition) is 0. The molecule has 9 aromatic rings. The lowest BCUT2D eigenvalue weighted by Crippen LogP contribution is -2.56. The Morgan fingerprint density at radius 2 is 0.808 bits per heavy atom. The number of hydrogen-bond acceptors (Lipinski definition) is 21. The van der Waals surface area contributed by atoms with Crippen LogP contribution in [0.1, 0.15) is 86.1 Å². The monoisotopic (exact) mass is 1840 g/mol. The van der Waals surface area contributed by atoms with Gasteiger partial charge < -0.3 is 82.6 Å². The van der Waals surface area contributed by atoms with E-state index in [0.29, 0.717) is 157 Å². The van der Waals surface area contributed by atoms with Crippen molar-refractivity contribution in [2.45, 2.75) is 134 Å². The molecule has 684 valence electrons. The third kappa shape index (κ3) is 21.4. The molecule has 32 heteroatoms. The molecule has 3 amide bonds. The van der Waals surface area contributed by atoms with Gasteiger partial charge in [0.15, 0.2) is 0 Å². The van der Waals surface area contributed by atoms with Crippen LogP contribution in [0.3, 0.4) is 0 Å². The Morgan fingerprint density at radius 1 is 0.438 bits per heavy atom. The first-order valence-corrected chi connectivity index (χ1v) is 45.1. The number of carbonyl (C=O) groups is 3. The highest BCUT2D eigenvalue weighted by atomic mass is 35.5. The predicted octanol–water partition coefficient (Wildman–Crippen LogP) is 13.3. The van der Waals surface area contributed by atoms with Crippen LogP contribution in [0.25, 0.3) is 46.9 Å². The summed E-state index contributed by atoms with van der Waals surface area (Å²) in [6, 6.07) is 40.2. The molecule has 27 nitrogen and oxygen atoms in total. The van der Waals surface area contributed by atoms with Crippen LogP contribution in [0.4, 0.5) is 38.9 Å². The molecule has 6 fully saturated rings.